The van der Waals surface area contributed by atoms with Crippen LogP contribution in [0.2, 0.25) is 0 Å². The first-order valence-electron chi connectivity index (χ1n) is 7.56. The number of aryl methyl sites for hydroxylation is 2. The summed E-state index contributed by atoms with van der Waals surface area (Å²) in [6.07, 6.45) is 0. The molecular weight excluding hydrogens is 307 g/mol. The lowest BCUT2D eigenvalue weighted by atomic mass is 10.0. The number of hydrogen-bond donors (Lipinski definition) is 2. The maximum Gasteiger partial charge on any atom is 0.160 e. The number of H-pyrrole nitrogens is 1. The maximum absolute atomic E-state index is 13.0. The van der Waals surface area contributed by atoms with E-state index >= 15 is 0 Å². The van der Waals surface area contributed by atoms with Gasteiger partial charge in [-0.2, -0.15) is 5.10 Å². The van der Waals surface area contributed by atoms with Gasteiger partial charge in [-0.1, -0.05) is 11.2 Å². The summed E-state index contributed by atoms with van der Waals surface area (Å²) >= 11 is 0. The Balaban J connectivity index is 1.72. The molecule has 5 nitrogen and oxygen atoms in total. The van der Waals surface area contributed by atoms with Crippen LogP contribution < -0.4 is 5.32 Å². The zero-order valence-electron chi connectivity index (χ0n) is 13.2. The van der Waals surface area contributed by atoms with Gasteiger partial charge < -0.3 is 9.84 Å². The van der Waals surface area contributed by atoms with E-state index in [0.717, 1.165) is 39.2 Å². The van der Waals surface area contributed by atoms with E-state index in [1.165, 1.54) is 12.1 Å². The van der Waals surface area contributed by atoms with E-state index in [4.69, 9.17) is 4.52 Å². The number of anilines is 2. The Hall–Kier alpha value is -3.15. The highest BCUT2D eigenvalue weighted by Crippen LogP contribution is 2.31. The second-order valence-electron chi connectivity index (χ2n) is 5.66. The van der Waals surface area contributed by atoms with E-state index in [0.29, 0.717) is 5.82 Å². The van der Waals surface area contributed by atoms with Crippen molar-refractivity contribution in [1.82, 2.24) is 15.4 Å². The summed E-state index contributed by atoms with van der Waals surface area (Å²) in [6, 6.07) is 12.2. The number of halogens is 1. The van der Waals surface area contributed by atoms with E-state index < -0.39 is 0 Å². The largest absolute Gasteiger partial charge is 0.361 e. The van der Waals surface area contributed by atoms with Crippen molar-refractivity contribution in [3.63, 3.8) is 0 Å². The zero-order valence-corrected chi connectivity index (χ0v) is 13.2. The van der Waals surface area contributed by atoms with Gasteiger partial charge >= 0.3 is 0 Å². The van der Waals surface area contributed by atoms with Crippen molar-refractivity contribution >= 4 is 22.4 Å². The second-order valence-corrected chi connectivity index (χ2v) is 5.66. The molecule has 0 radical (unpaired) electrons. The third kappa shape index (κ3) is 2.42. The molecule has 0 amide bonds. The number of benzene rings is 2. The minimum Gasteiger partial charge on any atom is -0.361 e. The molecule has 0 aliphatic carbocycles. The van der Waals surface area contributed by atoms with Gasteiger partial charge in [0, 0.05) is 16.6 Å². The Morgan fingerprint density at radius 2 is 1.88 bits per heavy atom. The molecular formula is C18H15FN4O. The van der Waals surface area contributed by atoms with Crippen molar-refractivity contribution < 1.29 is 8.91 Å². The smallest absolute Gasteiger partial charge is 0.160 e. The third-order valence-corrected chi connectivity index (χ3v) is 3.99. The Morgan fingerprint density at radius 1 is 1.08 bits per heavy atom. The van der Waals surface area contributed by atoms with Crippen LogP contribution in [0.4, 0.5) is 15.9 Å². The van der Waals surface area contributed by atoms with Crippen molar-refractivity contribution in [2.45, 2.75) is 13.8 Å². The molecule has 0 saturated heterocycles. The van der Waals surface area contributed by atoms with Crippen LogP contribution in [0.5, 0.6) is 0 Å². The van der Waals surface area contributed by atoms with Crippen LogP contribution in [0.15, 0.2) is 47.0 Å². The van der Waals surface area contributed by atoms with Crippen molar-refractivity contribution in [2.75, 3.05) is 5.32 Å². The molecule has 2 heterocycles. The fourth-order valence-corrected chi connectivity index (χ4v) is 2.84. The fraction of sp³-hybridized carbons (Fsp3) is 0.111. The molecule has 0 unspecified atom stereocenters. The van der Waals surface area contributed by atoms with Crippen LogP contribution in [-0.2, 0) is 0 Å². The van der Waals surface area contributed by atoms with Crippen molar-refractivity contribution in [2.24, 2.45) is 0 Å². The lowest BCUT2D eigenvalue weighted by molar-refractivity contribution is 0.393. The van der Waals surface area contributed by atoms with Crippen LogP contribution in [0, 0.1) is 19.7 Å². The summed E-state index contributed by atoms with van der Waals surface area (Å²) in [6.45, 7) is 3.82. The van der Waals surface area contributed by atoms with Crippen LogP contribution in [-0.4, -0.2) is 15.4 Å². The number of nitrogens with zero attached hydrogens (tertiary/aromatic N) is 2. The van der Waals surface area contributed by atoms with Crippen LogP contribution in [0.25, 0.3) is 22.0 Å². The molecule has 4 aromatic rings. The van der Waals surface area contributed by atoms with Crippen molar-refractivity contribution in [3.8, 4) is 11.1 Å². The van der Waals surface area contributed by atoms with Gasteiger partial charge in [0.25, 0.3) is 0 Å². The molecule has 2 aromatic carbocycles. The average molecular weight is 322 g/mol. The van der Waals surface area contributed by atoms with Gasteiger partial charge in [-0.25, -0.2) is 4.39 Å². The molecule has 0 saturated carbocycles. The topological polar surface area (TPSA) is 66.7 Å². The van der Waals surface area contributed by atoms with Gasteiger partial charge in [0.1, 0.15) is 11.6 Å². The molecule has 0 spiro atoms. The first-order chi connectivity index (χ1) is 11.6. The number of aromatic nitrogens is 3. The lowest BCUT2D eigenvalue weighted by Crippen LogP contribution is -1.91. The minimum atomic E-state index is -0.267. The quantitative estimate of drug-likeness (QED) is 0.573. The van der Waals surface area contributed by atoms with Gasteiger partial charge in [-0.05, 0) is 55.8 Å². The summed E-state index contributed by atoms with van der Waals surface area (Å²) in [5.74, 6) is 1.22. The van der Waals surface area contributed by atoms with E-state index in [-0.39, 0.29) is 5.82 Å². The highest BCUT2D eigenvalue weighted by Gasteiger charge is 2.13. The number of rotatable bonds is 3. The Bertz CT molecular complexity index is 998. The maximum atomic E-state index is 13.0. The summed E-state index contributed by atoms with van der Waals surface area (Å²) in [5.41, 5.74) is 4.56. The van der Waals surface area contributed by atoms with Gasteiger partial charge in [0.2, 0.25) is 0 Å². The van der Waals surface area contributed by atoms with E-state index in [2.05, 4.69) is 20.7 Å². The first kappa shape index (κ1) is 14.4. The van der Waals surface area contributed by atoms with Gasteiger partial charge in [0.15, 0.2) is 5.82 Å². The predicted molar refractivity (Wildman–Crippen MR) is 90.7 cm³/mol. The number of aromatic amines is 1. The minimum absolute atomic E-state index is 0.267. The lowest BCUT2D eigenvalue weighted by Gasteiger charge is -2.04. The molecule has 0 aliphatic rings. The normalized spacial score (nSPS) is 11.1. The second kappa shape index (κ2) is 5.49. The summed E-state index contributed by atoms with van der Waals surface area (Å²) in [4.78, 5) is 0. The zero-order chi connectivity index (χ0) is 16.7. The standard InChI is InChI=1S/C18H15FN4O/c1-10-17(11(2)24-23-10)12-3-8-15-16(9-12)21-22-18(15)20-14-6-4-13(19)5-7-14/h3-9H,1-2H3,(H2,20,21,22). The first-order valence-corrected chi connectivity index (χ1v) is 7.56. The number of nitrogens with one attached hydrogen (secondary N) is 2. The fourth-order valence-electron chi connectivity index (χ4n) is 2.84. The monoisotopic (exact) mass is 322 g/mol. The predicted octanol–water partition coefficient (Wildman–Crippen LogP) is 4.72. The van der Waals surface area contributed by atoms with Crippen molar-refractivity contribution in [3.05, 3.63) is 59.7 Å². The Labute approximate surface area is 137 Å². The molecule has 0 atom stereocenters. The molecule has 0 fully saturated rings. The summed E-state index contributed by atoms with van der Waals surface area (Å²) in [7, 11) is 0. The average Bonchev–Trinajstić information content (AvgIpc) is 3.12. The van der Waals surface area contributed by atoms with Crippen LogP contribution in [0.3, 0.4) is 0 Å². The van der Waals surface area contributed by atoms with Crippen LogP contribution >= 0.6 is 0 Å². The van der Waals surface area contributed by atoms with Gasteiger partial charge in [-0.15, -0.1) is 0 Å². The highest BCUT2D eigenvalue weighted by atomic mass is 19.1. The molecule has 2 aromatic heterocycles. The summed E-state index contributed by atoms with van der Waals surface area (Å²) in [5, 5.41) is 15.5. The Kier molecular flexibility index (Phi) is 3.30. The van der Waals surface area contributed by atoms with Gasteiger partial charge in [-0.3, -0.25) is 5.10 Å². The molecule has 2 N–H and O–H groups in total. The van der Waals surface area contributed by atoms with Gasteiger partial charge in [0.05, 0.1) is 11.2 Å². The number of hydrogen-bond acceptors (Lipinski definition) is 4. The Morgan fingerprint density at radius 3 is 2.58 bits per heavy atom. The van der Waals surface area contributed by atoms with Crippen LogP contribution in [0.1, 0.15) is 11.5 Å². The number of fused-ring (bicyclic) bond motifs is 1. The molecule has 4 rings (SSSR count). The third-order valence-electron chi connectivity index (χ3n) is 3.99. The van der Waals surface area contributed by atoms with Crippen molar-refractivity contribution in [1.29, 1.82) is 0 Å². The van der Waals surface area contributed by atoms with E-state index in [9.17, 15) is 4.39 Å². The molecule has 0 aliphatic heterocycles. The SMILES string of the molecule is Cc1noc(C)c1-c1ccc2c(Nc3ccc(F)cc3)n[nH]c2c1. The van der Waals surface area contributed by atoms with E-state index in [1.54, 1.807) is 12.1 Å². The van der Waals surface area contributed by atoms with E-state index in [1.807, 2.05) is 32.0 Å². The molecule has 120 valence electrons. The highest BCUT2D eigenvalue weighted by molar-refractivity contribution is 5.94. The summed E-state index contributed by atoms with van der Waals surface area (Å²) < 4.78 is 18.2. The molecule has 6 heteroatoms. The molecule has 24 heavy (non-hydrogen) atoms. The molecule has 0 bridgehead atoms.